The number of alkyl carbamates (subject to hydrolysis) is 1. The third-order valence-corrected chi connectivity index (χ3v) is 3.39. The van der Waals surface area contributed by atoms with Crippen LogP contribution >= 0.6 is 0 Å². The van der Waals surface area contributed by atoms with Gasteiger partial charge >= 0.3 is 6.09 Å². The second kappa shape index (κ2) is 6.43. The van der Waals surface area contributed by atoms with E-state index in [2.05, 4.69) is 12.2 Å². The van der Waals surface area contributed by atoms with Gasteiger partial charge < -0.3 is 10.1 Å². The van der Waals surface area contributed by atoms with Crippen LogP contribution in [0.2, 0.25) is 0 Å². The van der Waals surface area contributed by atoms with Crippen LogP contribution in [0, 0.1) is 11.8 Å². The van der Waals surface area contributed by atoms with E-state index < -0.39 is 17.7 Å². The summed E-state index contributed by atoms with van der Waals surface area (Å²) in [6, 6.07) is -0.607. The minimum Gasteiger partial charge on any atom is -0.444 e. The SMILES string of the molecule is CON(C)C(=O)C(C[C@H]1C[C@@H]1C)NC(=O)OC(C)(C)C. The van der Waals surface area contributed by atoms with E-state index in [-0.39, 0.29) is 5.91 Å². The van der Waals surface area contributed by atoms with Gasteiger partial charge in [-0.15, -0.1) is 0 Å². The second-order valence-corrected chi connectivity index (χ2v) is 6.43. The molecule has 6 nitrogen and oxygen atoms in total. The van der Waals surface area contributed by atoms with E-state index in [9.17, 15) is 9.59 Å². The van der Waals surface area contributed by atoms with E-state index in [4.69, 9.17) is 9.57 Å². The van der Waals surface area contributed by atoms with Gasteiger partial charge in [-0.25, -0.2) is 9.86 Å². The number of carbonyl (C=O) groups excluding carboxylic acids is 2. The van der Waals surface area contributed by atoms with E-state index in [1.807, 2.05) is 0 Å². The second-order valence-electron chi connectivity index (χ2n) is 6.43. The zero-order chi connectivity index (χ0) is 15.5. The Labute approximate surface area is 120 Å². The molecule has 20 heavy (non-hydrogen) atoms. The van der Waals surface area contributed by atoms with Gasteiger partial charge in [-0.05, 0) is 45.4 Å². The van der Waals surface area contributed by atoms with Crippen molar-refractivity contribution in [3.8, 4) is 0 Å². The van der Waals surface area contributed by atoms with Gasteiger partial charge in [-0.2, -0.15) is 0 Å². The molecule has 0 saturated heterocycles. The predicted molar refractivity (Wildman–Crippen MR) is 74.8 cm³/mol. The van der Waals surface area contributed by atoms with Crippen molar-refractivity contribution in [2.45, 2.75) is 52.2 Å². The Morgan fingerprint density at radius 1 is 1.40 bits per heavy atom. The molecule has 6 heteroatoms. The fraction of sp³-hybridized carbons (Fsp3) is 0.857. The van der Waals surface area contributed by atoms with Gasteiger partial charge in [-0.1, -0.05) is 6.92 Å². The predicted octanol–water partition coefficient (Wildman–Crippen LogP) is 1.95. The van der Waals surface area contributed by atoms with Crippen molar-refractivity contribution >= 4 is 12.0 Å². The van der Waals surface area contributed by atoms with Gasteiger partial charge in [0.1, 0.15) is 11.6 Å². The maximum absolute atomic E-state index is 12.2. The van der Waals surface area contributed by atoms with Crippen LogP contribution in [0.5, 0.6) is 0 Å². The highest BCUT2D eigenvalue weighted by Crippen LogP contribution is 2.41. The number of hydroxylamine groups is 2. The van der Waals surface area contributed by atoms with E-state index in [1.54, 1.807) is 20.8 Å². The van der Waals surface area contributed by atoms with Crippen LogP contribution in [-0.2, 0) is 14.4 Å². The lowest BCUT2D eigenvalue weighted by molar-refractivity contribution is -0.171. The number of nitrogens with one attached hydrogen (secondary N) is 1. The number of nitrogens with zero attached hydrogens (tertiary/aromatic N) is 1. The minimum atomic E-state index is -0.607. The van der Waals surface area contributed by atoms with Crippen LogP contribution in [0.3, 0.4) is 0 Å². The number of hydrogen-bond donors (Lipinski definition) is 1. The first-order valence-electron chi connectivity index (χ1n) is 6.95. The van der Waals surface area contributed by atoms with Crippen molar-refractivity contribution in [2.24, 2.45) is 11.8 Å². The molecule has 116 valence electrons. The minimum absolute atomic E-state index is 0.266. The maximum Gasteiger partial charge on any atom is 0.408 e. The zero-order valence-corrected chi connectivity index (χ0v) is 13.2. The third-order valence-electron chi connectivity index (χ3n) is 3.39. The number of ether oxygens (including phenoxy) is 1. The molecule has 1 fully saturated rings. The molecule has 1 aliphatic rings. The molecule has 0 spiro atoms. The van der Waals surface area contributed by atoms with Crippen LogP contribution in [0.1, 0.15) is 40.5 Å². The summed E-state index contributed by atoms with van der Waals surface area (Å²) < 4.78 is 5.20. The monoisotopic (exact) mass is 286 g/mol. The van der Waals surface area contributed by atoms with E-state index in [0.29, 0.717) is 18.3 Å². The Morgan fingerprint density at radius 3 is 2.35 bits per heavy atom. The Bertz CT molecular complexity index is 365. The summed E-state index contributed by atoms with van der Waals surface area (Å²) in [4.78, 5) is 28.9. The first-order chi connectivity index (χ1) is 9.14. The molecule has 1 N–H and O–H groups in total. The Kier molecular flexibility index (Phi) is 5.39. The Morgan fingerprint density at radius 2 is 1.95 bits per heavy atom. The third kappa shape index (κ3) is 5.36. The lowest BCUT2D eigenvalue weighted by Crippen LogP contribution is -2.48. The summed E-state index contributed by atoms with van der Waals surface area (Å²) in [6.07, 6.45) is 1.14. The summed E-state index contributed by atoms with van der Waals surface area (Å²) in [5.74, 6) is 0.820. The Hall–Kier alpha value is -1.30. The van der Waals surface area contributed by atoms with Gasteiger partial charge in [0.25, 0.3) is 5.91 Å². The first kappa shape index (κ1) is 16.8. The van der Waals surface area contributed by atoms with Crippen LogP contribution in [0.25, 0.3) is 0 Å². The number of hydrogen-bond acceptors (Lipinski definition) is 4. The molecular weight excluding hydrogens is 260 g/mol. The van der Waals surface area contributed by atoms with Crippen molar-refractivity contribution in [3.63, 3.8) is 0 Å². The molecule has 2 amide bonds. The maximum atomic E-state index is 12.2. The van der Waals surface area contributed by atoms with Crippen LogP contribution < -0.4 is 5.32 Å². The summed E-state index contributed by atoms with van der Waals surface area (Å²) >= 11 is 0. The largest absolute Gasteiger partial charge is 0.444 e. The average molecular weight is 286 g/mol. The summed E-state index contributed by atoms with van der Waals surface area (Å²) in [5.41, 5.74) is -0.586. The molecule has 0 aromatic heterocycles. The smallest absolute Gasteiger partial charge is 0.408 e. The van der Waals surface area contributed by atoms with Gasteiger partial charge in [0.2, 0.25) is 0 Å². The number of likely N-dealkylation sites (N-methyl/N-ethyl adjacent to an activating group) is 1. The van der Waals surface area contributed by atoms with Crippen LogP contribution in [-0.4, -0.2) is 42.9 Å². The fourth-order valence-corrected chi connectivity index (χ4v) is 2.01. The summed E-state index contributed by atoms with van der Waals surface area (Å²) in [6.45, 7) is 7.49. The highest BCUT2D eigenvalue weighted by atomic mass is 16.7. The molecule has 0 radical (unpaired) electrons. The van der Waals surface area contributed by atoms with Crippen LogP contribution in [0.4, 0.5) is 4.79 Å². The lowest BCUT2D eigenvalue weighted by Gasteiger charge is -2.25. The standard InChI is InChI=1S/C14H26N2O4/c1-9-7-10(9)8-11(12(17)16(5)19-6)15-13(18)20-14(2,3)4/h9-11H,7-8H2,1-6H3,(H,15,18)/t9-,10+,11?/m0/s1. The van der Waals surface area contributed by atoms with Crippen molar-refractivity contribution in [3.05, 3.63) is 0 Å². The fourth-order valence-electron chi connectivity index (χ4n) is 2.01. The van der Waals surface area contributed by atoms with Gasteiger partial charge in [0.15, 0.2) is 0 Å². The molecule has 0 bridgehead atoms. The lowest BCUT2D eigenvalue weighted by atomic mass is 10.1. The number of rotatable bonds is 5. The molecule has 3 atom stereocenters. The number of carbonyl (C=O) groups is 2. The normalized spacial score (nSPS) is 22.9. The molecule has 0 aromatic carbocycles. The topological polar surface area (TPSA) is 67.9 Å². The highest BCUT2D eigenvalue weighted by Gasteiger charge is 2.38. The number of amides is 2. The van der Waals surface area contributed by atoms with Crippen LogP contribution in [0.15, 0.2) is 0 Å². The zero-order valence-electron chi connectivity index (χ0n) is 13.2. The molecule has 0 aromatic rings. The quantitative estimate of drug-likeness (QED) is 0.784. The first-order valence-corrected chi connectivity index (χ1v) is 6.95. The summed E-state index contributed by atoms with van der Waals surface area (Å²) in [5, 5.41) is 3.78. The van der Waals surface area contributed by atoms with Crippen molar-refractivity contribution < 1.29 is 19.2 Å². The molecule has 1 rings (SSSR count). The van der Waals surface area contributed by atoms with Crippen molar-refractivity contribution in [1.29, 1.82) is 0 Å². The highest BCUT2D eigenvalue weighted by molar-refractivity contribution is 5.84. The van der Waals surface area contributed by atoms with Gasteiger partial charge in [-0.3, -0.25) is 9.63 Å². The van der Waals surface area contributed by atoms with E-state index in [0.717, 1.165) is 11.5 Å². The van der Waals surface area contributed by atoms with Crippen molar-refractivity contribution in [1.82, 2.24) is 10.4 Å². The molecule has 1 unspecified atom stereocenters. The van der Waals surface area contributed by atoms with Crippen molar-refractivity contribution in [2.75, 3.05) is 14.2 Å². The van der Waals surface area contributed by atoms with E-state index in [1.165, 1.54) is 14.2 Å². The molecule has 1 aliphatic carbocycles. The molecule has 0 aliphatic heterocycles. The molecule has 1 saturated carbocycles. The van der Waals surface area contributed by atoms with E-state index >= 15 is 0 Å². The molecular formula is C14H26N2O4. The summed E-state index contributed by atoms with van der Waals surface area (Å²) in [7, 11) is 2.95. The van der Waals surface area contributed by atoms with Gasteiger partial charge in [0, 0.05) is 7.05 Å². The Balaban J connectivity index is 2.62. The average Bonchev–Trinajstić information content (AvgIpc) is 2.99. The molecule has 0 heterocycles. The van der Waals surface area contributed by atoms with Gasteiger partial charge in [0.05, 0.1) is 7.11 Å².